The molecule has 2 aromatic carbocycles. The van der Waals surface area contributed by atoms with Gasteiger partial charge in [0.1, 0.15) is 43.8 Å². The van der Waals surface area contributed by atoms with E-state index in [1.54, 1.807) is 7.11 Å². The lowest BCUT2D eigenvalue weighted by Crippen LogP contribution is -3.00. The Morgan fingerprint density at radius 3 is 2.21 bits per heavy atom. The van der Waals surface area contributed by atoms with Gasteiger partial charge in [0.2, 0.25) is 0 Å². The molecule has 2 aromatic rings. The van der Waals surface area contributed by atoms with Crippen molar-refractivity contribution < 1.29 is 50.0 Å². The second-order valence-electron chi connectivity index (χ2n) is 6.64. The average Bonchev–Trinajstić information content (AvgIpc) is 2.67. The lowest BCUT2D eigenvalue weighted by Gasteiger charge is -2.13. The number of nitrogens with two attached hydrogens (primary N) is 2. The van der Waals surface area contributed by atoms with E-state index in [4.69, 9.17) is 9.47 Å². The van der Waals surface area contributed by atoms with Gasteiger partial charge in [0.05, 0.1) is 13.2 Å². The number of aliphatic hydroxyl groups is 1. The average molecular weight is 431 g/mol. The largest absolute Gasteiger partial charge is 1.00 e. The van der Waals surface area contributed by atoms with Gasteiger partial charge in [0.15, 0.2) is 0 Å². The van der Waals surface area contributed by atoms with Crippen LogP contribution in [0.3, 0.4) is 0 Å². The molecule has 5 N–H and O–H groups in total. The Morgan fingerprint density at radius 2 is 1.57 bits per heavy atom. The van der Waals surface area contributed by atoms with Gasteiger partial charge < -0.3 is 50.0 Å². The lowest BCUT2D eigenvalue weighted by atomic mass is 10.1. The minimum Gasteiger partial charge on any atom is -1.00 e. The Morgan fingerprint density at radius 1 is 0.929 bits per heavy atom. The van der Waals surface area contributed by atoms with Crippen LogP contribution < -0.4 is 44.9 Å². The molecule has 0 fully saturated rings. The number of aliphatic hydroxyl groups excluding tert-OH is 1. The summed E-state index contributed by atoms with van der Waals surface area (Å²) in [6.07, 6.45) is 0.609. The van der Waals surface area contributed by atoms with Crippen LogP contribution in [-0.2, 0) is 6.42 Å². The number of ether oxygens (including phenoxy) is 2. The highest BCUT2D eigenvalue weighted by atomic mass is 35.5. The molecule has 0 amide bonds. The number of benzene rings is 2. The molecule has 0 aliphatic carbocycles. The molecule has 0 heterocycles. The van der Waals surface area contributed by atoms with E-state index in [1.807, 2.05) is 24.3 Å². The van der Waals surface area contributed by atoms with Crippen LogP contribution in [0.5, 0.6) is 11.5 Å². The summed E-state index contributed by atoms with van der Waals surface area (Å²) in [4.78, 5) is 0. The zero-order valence-electron chi connectivity index (χ0n) is 16.6. The fourth-order valence-corrected chi connectivity index (χ4v) is 2.81. The first-order valence-corrected chi connectivity index (χ1v) is 9.31. The zero-order chi connectivity index (χ0) is 18.6. The molecule has 7 heteroatoms. The highest BCUT2D eigenvalue weighted by Gasteiger charge is 2.09. The van der Waals surface area contributed by atoms with Crippen LogP contribution in [0.4, 0.5) is 0 Å². The van der Waals surface area contributed by atoms with Crippen molar-refractivity contribution in [3.05, 3.63) is 60.2 Å². The summed E-state index contributed by atoms with van der Waals surface area (Å²) >= 11 is 0. The Kier molecular flexibility index (Phi) is 14.6. The van der Waals surface area contributed by atoms with Crippen molar-refractivity contribution in [3.63, 3.8) is 0 Å². The molecule has 0 aliphatic rings. The molecule has 0 bridgehead atoms. The highest BCUT2D eigenvalue weighted by molar-refractivity contribution is 5.31. The standard InChI is InChI=1S/C21H30N2O3.2ClH/c1-17(14-18-6-4-3-5-7-18)23-13-12-22-15-19(24)16-26-21-10-8-20(25-2)9-11-21;;/h3-11,17,19,22-24H,12-16H2,1-2H3;2*1H. The van der Waals surface area contributed by atoms with Crippen molar-refractivity contribution >= 4 is 0 Å². The van der Waals surface area contributed by atoms with Gasteiger partial charge >= 0.3 is 0 Å². The molecule has 0 saturated heterocycles. The maximum atomic E-state index is 10.0. The van der Waals surface area contributed by atoms with Crippen molar-refractivity contribution in [1.29, 1.82) is 0 Å². The van der Waals surface area contributed by atoms with Crippen LogP contribution in [0.1, 0.15) is 12.5 Å². The maximum absolute atomic E-state index is 10.0. The molecule has 2 unspecified atom stereocenters. The number of rotatable bonds is 12. The molecular weight excluding hydrogens is 399 g/mol. The number of hydrogen-bond donors (Lipinski definition) is 3. The van der Waals surface area contributed by atoms with E-state index < -0.39 is 6.10 Å². The van der Waals surface area contributed by atoms with Crippen LogP contribution in [0, 0.1) is 0 Å². The van der Waals surface area contributed by atoms with Crippen molar-refractivity contribution in [1.82, 2.24) is 0 Å². The number of hydrogen-bond acceptors (Lipinski definition) is 3. The van der Waals surface area contributed by atoms with E-state index in [9.17, 15) is 5.11 Å². The third kappa shape index (κ3) is 10.7. The van der Waals surface area contributed by atoms with Crippen molar-refractivity contribution in [2.24, 2.45) is 0 Å². The predicted octanol–water partition coefficient (Wildman–Crippen LogP) is -5.80. The Labute approximate surface area is 180 Å². The lowest BCUT2D eigenvalue weighted by molar-refractivity contribution is -0.740. The normalized spacial score (nSPS) is 12.2. The second kappa shape index (κ2) is 15.4. The van der Waals surface area contributed by atoms with Crippen LogP contribution in [-0.4, -0.2) is 50.6 Å². The molecule has 0 aromatic heterocycles. The van der Waals surface area contributed by atoms with Gasteiger partial charge in [-0.1, -0.05) is 30.3 Å². The second-order valence-corrected chi connectivity index (χ2v) is 6.64. The van der Waals surface area contributed by atoms with Crippen LogP contribution in [0.2, 0.25) is 0 Å². The number of quaternary nitrogens is 2. The van der Waals surface area contributed by atoms with Crippen molar-refractivity contribution in [2.45, 2.75) is 25.5 Å². The van der Waals surface area contributed by atoms with Crippen LogP contribution in [0.15, 0.2) is 54.6 Å². The van der Waals surface area contributed by atoms with Crippen LogP contribution in [0.25, 0.3) is 0 Å². The first kappa shape index (κ1) is 26.5. The Balaban J connectivity index is 0.00000364. The predicted molar refractivity (Wildman–Crippen MR) is 103 cm³/mol. The third-order valence-electron chi connectivity index (χ3n) is 4.28. The smallest absolute Gasteiger partial charge is 0.137 e. The number of methoxy groups -OCH3 is 1. The quantitative estimate of drug-likeness (QED) is 0.294. The number of halogens is 2. The fraction of sp³-hybridized carbons (Fsp3) is 0.429. The summed E-state index contributed by atoms with van der Waals surface area (Å²) in [6, 6.07) is 18.5. The summed E-state index contributed by atoms with van der Waals surface area (Å²) < 4.78 is 10.7. The minimum absolute atomic E-state index is 0. The van der Waals surface area contributed by atoms with E-state index in [0.29, 0.717) is 19.2 Å². The Bertz CT molecular complexity index is 615. The van der Waals surface area contributed by atoms with Gasteiger partial charge in [0, 0.05) is 6.42 Å². The summed E-state index contributed by atoms with van der Waals surface area (Å²) in [6.45, 7) is 5.23. The minimum atomic E-state index is -0.473. The van der Waals surface area contributed by atoms with Crippen LogP contribution >= 0.6 is 0 Å². The monoisotopic (exact) mass is 430 g/mol. The molecule has 5 nitrogen and oxygen atoms in total. The molecule has 0 saturated carbocycles. The van der Waals surface area contributed by atoms with Gasteiger partial charge in [-0.15, -0.1) is 0 Å². The van der Waals surface area contributed by atoms with Gasteiger partial charge in [0.25, 0.3) is 0 Å². The third-order valence-corrected chi connectivity index (χ3v) is 4.28. The van der Waals surface area contributed by atoms with Gasteiger partial charge in [-0.25, -0.2) is 0 Å². The molecular formula is C21H32Cl2N2O3. The van der Waals surface area contributed by atoms with Gasteiger partial charge in [-0.3, -0.25) is 0 Å². The van der Waals surface area contributed by atoms with E-state index in [-0.39, 0.29) is 24.8 Å². The molecule has 158 valence electrons. The van der Waals surface area contributed by atoms with E-state index >= 15 is 0 Å². The van der Waals surface area contributed by atoms with Gasteiger partial charge in [-0.2, -0.15) is 0 Å². The van der Waals surface area contributed by atoms with Crippen molar-refractivity contribution in [3.8, 4) is 11.5 Å². The van der Waals surface area contributed by atoms with E-state index in [0.717, 1.165) is 31.0 Å². The molecule has 28 heavy (non-hydrogen) atoms. The maximum Gasteiger partial charge on any atom is 0.137 e. The summed E-state index contributed by atoms with van der Waals surface area (Å²) in [5, 5.41) is 14.5. The molecule has 0 spiro atoms. The summed E-state index contributed by atoms with van der Waals surface area (Å²) in [7, 11) is 1.63. The fourth-order valence-electron chi connectivity index (χ4n) is 2.81. The topological polar surface area (TPSA) is 71.9 Å². The highest BCUT2D eigenvalue weighted by Crippen LogP contribution is 2.16. The van der Waals surface area contributed by atoms with E-state index in [1.165, 1.54) is 5.56 Å². The zero-order valence-corrected chi connectivity index (χ0v) is 18.1. The summed E-state index contributed by atoms with van der Waals surface area (Å²) in [5.74, 6) is 1.54. The molecule has 0 radical (unpaired) electrons. The molecule has 0 aliphatic heterocycles. The summed E-state index contributed by atoms with van der Waals surface area (Å²) in [5.41, 5.74) is 1.38. The first-order valence-electron chi connectivity index (χ1n) is 9.31. The SMILES string of the molecule is COc1ccc(OCC(O)C[NH2+]CC[NH2+]C(C)Cc2ccccc2)cc1.[Cl-].[Cl-]. The van der Waals surface area contributed by atoms with Crippen molar-refractivity contribution in [2.75, 3.05) is 33.4 Å². The molecule has 2 rings (SSSR count). The first-order chi connectivity index (χ1) is 12.7. The Hall–Kier alpha value is -1.50. The van der Waals surface area contributed by atoms with E-state index in [2.05, 4.69) is 47.9 Å². The molecule has 2 atom stereocenters. The van der Waals surface area contributed by atoms with Gasteiger partial charge in [-0.05, 0) is 36.8 Å².